The molecular formula is C18H20FNOS. The van der Waals surface area contributed by atoms with Gasteiger partial charge in [0.05, 0.1) is 4.88 Å². The smallest absolute Gasteiger partial charge is 0.263 e. The van der Waals surface area contributed by atoms with Gasteiger partial charge in [-0.25, -0.2) is 4.39 Å². The summed E-state index contributed by atoms with van der Waals surface area (Å²) in [6, 6.07) is 8.64. The van der Waals surface area contributed by atoms with Crippen LogP contribution in [0.4, 0.5) is 4.39 Å². The van der Waals surface area contributed by atoms with E-state index in [4.69, 9.17) is 0 Å². The van der Waals surface area contributed by atoms with Crippen LogP contribution in [0.1, 0.15) is 39.0 Å². The van der Waals surface area contributed by atoms with Crippen LogP contribution in [0.2, 0.25) is 0 Å². The Balaban J connectivity index is 1.75. The van der Waals surface area contributed by atoms with E-state index in [2.05, 4.69) is 6.92 Å². The second-order valence-electron chi connectivity index (χ2n) is 6.16. The first-order valence-electron chi connectivity index (χ1n) is 7.65. The largest absolute Gasteiger partial charge is 0.337 e. The first-order valence-corrected chi connectivity index (χ1v) is 8.46. The van der Waals surface area contributed by atoms with Crippen molar-refractivity contribution in [2.45, 2.75) is 32.7 Å². The average molecular weight is 317 g/mol. The van der Waals surface area contributed by atoms with Gasteiger partial charge < -0.3 is 4.90 Å². The summed E-state index contributed by atoms with van der Waals surface area (Å²) in [5.41, 5.74) is 1.87. The molecule has 0 unspecified atom stereocenters. The first kappa shape index (κ1) is 15.2. The second kappa shape index (κ2) is 6.21. The molecule has 1 aromatic heterocycles. The highest BCUT2D eigenvalue weighted by Crippen LogP contribution is 2.32. The SMILES string of the molecule is C[C@@H]1CCc2sc(C(=O)N(C)Cc3ccccc3F)cc2C1. The van der Waals surface area contributed by atoms with E-state index in [-0.39, 0.29) is 11.7 Å². The highest BCUT2D eigenvalue weighted by atomic mass is 32.1. The van der Waals surface area contributed by atoms with Crippen LogP contribution in [0.5, 0.6) is 0 Å². The second-order valence-corrected chi connectivity index (χ2v) is 7.30. The molecule has 2 aromatic rings. The summed E-state index contributed by atoms with van der Waals surface area (Å²) in [6.45, 7) is 2.55. The Kier molecular flexibility index (Phi) is 4.30. The van der Waals surface area contributed by atoms with E-state index >= 15 is 0 Å². The molecule has 116 valence electrons. The topological polar surface area (TPSA) is 20.3 Å². The van der Waals surface area contributed by atoms with Crippen molar-refractivity contribution < 1.29 is 9.18 Å². The zero-order valence-electron chi connectivity index (χ0n) is 12.9. The number of fused-ring (bicyclic) bond motifs is 1. The summed E-state index contributed by atoms with van der Waals surface area (Å²) in [4.78, 5) is 16.3. The summed E-state index contributed by atoms with van der Waals surface area (Å²) < 4.78 is 13.7. The van der Waals surface area contributed by atoms with Gasteiger partial charge in [0.2, 0.25) is 0 Å². The van der Waals surface area contributed by atoms with Gasteiger partial charge in [0, 0.05) is 24.0 Å². The number of rotatable bonds is 3. The molecular weight excluding hydrogens is 297 g/mol. The first-order chi connectivity index (χ1) is 10.5. The molecule has 0 radical (unpaired) electrons. The average Bonchev–Trinajstić information content (AvgIpc) is 2.91. The van der Waals surface area contributed by atoms with Crippen molar-refractivity contribution in [3.63, 3.8) is 0 Å². The minimum atomic E-state index is -0.263. The van der Waals surface area contributed by atoms with E-state index in [1.54, 1.807) is 41.5 Å². The van der Waals surface area contributed by atoms with E-state index in [9.17, 15) is 9.18 Å². The number of amides is 1. The third-order valence-corrected chi connectivity index (χ3v) is 5.48. The zero-order chi connectivity index (χ0) is 15.7. The predicted octanol–water partition coefficient (Wildman–Crippen LogP) is 4.28. The quantitative estimate of drug-likeness (QED) is 0.827. The molecule has 0 bridgehead atoms. The normalized spacial score (nSPS) is 17.1. The molecule has 1 heterocycles. The molecule has 0 spiro atoms. The molecule has 1 aliphatic carbocycles. The molecule has 4 heteroatoms. The fourth-order valence-corrected chi connectivity index (χ4v) is 4.16. The molecule has 1 amide bonds. The lowest BCUT2D eigenvalue weighted by Gasteiger charge is -2.16. The molecule has 22 heavy (non-hydrogen) atoms. The lowest BCUT2D eigenvalue weighted by molar-refractivity contribution is 0.0788. The Morgan fingerprint density at radius 1 is 1.41 bits per heavy atom. The molecule has 2 nitrogen and oxygen atoms in total. The number of aryl methyl sites for hydroxylation is 1. The Morgan fingerprint density at radius 3 is 2.95 bits per heavy atom. The number of carbonyl (C=O) groups excluding carboxylic acids is 1. The van der Waals surface area contributed by atoms with Crippen LogP contribution >= 0.6 is 11.3 Å². The fraction of sp³-hybridized carbons (Fsp3) is 0.389. The van der Waals surface area contributed by atoms with Crippen molar-refractivity contribution in [1.29, 1.82) is 0 Å². The number of carbonyl (C=O) groups is 1. The minimum Gasteiger partial charge on any atom is -0.337 e. The van der Waals surface area contributed by atoms with Crippen LogP contribution < -0.4 is 0 Å². The van der Waals surface area contributed by atoms with Gasteiger partial charge in [-0.2, -0.15) is 0 Å². The summed E-state index contributed by atoms with van der Waals surface area (Å²) in [5, 5.41) is 0. The number of thiophene rings is 1. The number of hydrogen-bond donors (Lipinski definition) is 0. The van der Waals surface area contributed by atoms with Gasteiger partial charge in [0.25, 0.3) is 5.91 Å². The molecule has 0 aliphatic heterocycles. The van der Waals surface area contributed by atoms with Crippen molar-refractivity contribution >= 4 is 17.2 Å². The Labute approximate surface area is 134 Å². The van der Waals surface area contributed by atoms with Crippen LogP contribution in [0.15, 0.2) is 30.3 Å². The minimum absolute atomic E-state index is 0.0182. The van der Waals surface area contributed by atoms with Crippen LogP contribution in [0.25, 0.3) is 0 Å². The highest BCUT2D eigenvalue weighted by molar-refractivity contribution is 7.14. The number of halogens is 1. The lowest BCUT2D eigenvalue weighted by atomic mass is 9.90. The van der Waals surface area contributed by atoms with Gasteiger partial charge >= 0.3 is 0 Å². The van der Waals surface area contributed by atoms with Crippen LogP contribution in [0, 0.1) is 11.7 Å². The molecule has 0 saturated heterocycles. The highest BCUT2D eigenvalue weighted by Gasteiger charge is 2.22. The summed E-state index contributed by atoms with van der Waals surface area (Å²) in [5.74, 6) is 0.415. The van der Waals surface area contributed by atoms with Crippen LogP contribution in [0.3, 0.4) is 0 Å². The van der Waals surface area contributed by atoms with Gasteiger partial charge in [0.15, 0.2) is 0 Å². The summed E-state index contributed by atoms with van der Waals surface area (Å²) in [7, 11) is 1.73. The van der Waals surface area contributed by atoms with E-state index < -0.39 is 0 Å². The predicted molar refractivity (Wildman–Crippen MR) is 87.7 cm³/mol. The molecule has 3 rings (SSSR count). The van der Waals surface area contributed by atoms with Crippen molar-refractivity contribution in [3.05, 3.63) is 57.0 Å². The molecule has 0 N–H and O–H groups in total. The fourth-order valence-electron chi connectivity index (χ4n) is 2.95. The number of nitrogens with zero attached hydrogens (tertiary/aromatic N) is 1. The van der Waals surface area contributed by atoms with Crippen LogP contribution in [-0.2, 0) is 19.4 Å². The van der Waals surface area contributed by atoms with Crippen molar-refractivity contribution in [3.8, 4) is 0 Å². The Bertz CT molecular complexity index is 694. The standard InChI is InChI=1S/C18H20FNOS/c1-12-7-8-16-14(9-12)10-17(22-16)18(21)20(2)11-13-5-3-4-6-15(13)19/h3-6,10,12H,7-9,11H2,1-2H3/t12-/m1/s1. The number of hydrogen-bond acceptors (Lipinski definition) is 2. The third-order valence-electron chi connectivity index (χ3n) is 4.25. The zero-order valence-corrected chi connectivity index (χ0v) is 13.8. The monoisotopic (exact) mass is 317 g/mol. The van der Waals surface area contributed by atoms with E-state index in [0.29, 0.717) is 18.0 Å². The molecule has 0 fully saturated rings. The maximum Gasteiger partial charge on any atom is 0.263 e. The molecule has 0 saturated carbocycles. The van der Waals surface area contributed by atoms with Gasteiger partial charge in [-0.05, 0) is 42.9 Å². The maximum absolute atomic E-state index is 13.7. The molecule has 1 aliphatic rings. The maximum atomic E-state index is 13.7. The van der Waals surface area contributed by atoms with Gasteiger partial charge in [-0.1, -0.05) is 25.1 Å². The van der Waals surface area contributed by atoms with E-state index in [0.717, 1.165) is 17.7 Å². The lowest BCUT2D eigenvalue weighted by Crippen LogP contribution is -2.25. The van der Waals surface area contributed by atoms with Gasteiger partial charge in [0.1, 0.15) is 5.82 Å². The van der Waals surface area contributed by atoms with E-state index in [1.807, 2.05) is 6.07 Å². The Morgan fingerprint density at radius 2 is 2.18 bits per heavy atom. The third kappa shape index (κ3) is 3.07. The van der Waals surface area contributed by atoms with Crippen LogP contribution in [-0.4, -0.2) is 17.9 Å². The van der Waals surface area contributed by atoms with Crippen molar-refractivity contribution in [2.75, 3.05) is 7.05 Å². The van der Waals surface area contributed by atoms with E-state index in [1.165, 1.54) is 22.9 Å². The molecule has 1 atom stereocenters. The molecule has 1 aromatic carbocycles. The summed E-state index contributed by atoms with van der Waals surface area (Å²) in [6.07, 6.45) is 3.34. The van der Waals surface area contributed by atoms with Gasteiger partial charge in [-0.3, -0.25) is 4.79 Å². The van der Waals surface area contributed by atoms with Crippen molar-refractivity contribution in [2.24, 2.45) is 5.92 Å². The van der Waals surface area contributed by atoms with Crippen molar-refractivity contribution in [1.82, 2.24) is 4.90 Å². The number of benzene rings is 1. The summed E-state index contributed by atoms with van der Waals surface area (Å²) >= 11 is 1.60. The Hall–Kier alpha value is -1.68. The van der Waals surface area contributed by atoms with Gasteiger partial charge in [-0.15, -0.1) is 11.3 Å².